The number of halogens is 1. The molecule has 1 fully saturated rings. The second-order valence-electron chi connectivity index (χ2n) is 6.31. The maximum Gasteiger partial charge on any atom is 0.275 e. The van der Waals surface area contributed by atoms with Crippen molar-refractivity contribution in [2.45, 2.75) is 0 Å². The number of benzene rings is 1. The number of aromatic nitrogens is 1. The zero-order valence-electron chi connectivity index (χ0n) is 14.7. The Bertz CT molecular complexity index is 688. The molecule has 6 nitrogen and oxygen atoms in total. The van der Waals surface area contributed by atoms with Gasteiger partial charge in [-0.2, -0.15) is 0 Å². The van der Waals surface area contributed by atoms with E-state index in [-0.39, 0.29) is 5.91 Å². The third-order valence-corrected chi connectivity index (χ3v) is 4.67. The van der Waals surface area contributed by atoms with Gasteiger partial charge in [-0.05, 0) is 30.3 Å². The second kappa shape index (κ2) is 9.40. The average molecular weight is 377 g/mol. The number of hydrogen-bond donors (Lipinski definition) is 2. The van der Waals surface area contributed by atoms with E-state index in [1.54, 1.807) is 12.1 Å². The molecule has 1 saturated heterocycles. The smallest absolute Gasteiger partial charge is 0.275 e. The van der Waals surface area contributed by atoms with E-state index in [0.717, 1.165) is 37.7 Å². The van der Waals surface area contributed by atoms with Crippen molar-refractivity contribution >= 4 is 23.3 Å². The highest BCUT2D eigenvalue weighted by atomic mass is 35.5. The number of pyridine rings is 1. The summed E-state index contributed by atoms with van der Waals surface area (Å²) in [6, 6.07) is 13.3. The molecule has 1 aliphatic rings. The van der Waals surface area contributed by atoms with Gasteiger partial charge in [0.1, 0.15) is 38.5 Å². The molecule has 2 heterocycles. The lowest BCUT2D eigenvalue weighted by Crippen LogP contribution is -3.16. The van der Waals surface area contributed by atoms with Crippen molar-refractivity contribution in [3.8, 4) is 5.75 Å². The van der Waals surface area contributed by atoms with Crippen LogP contribution in [0.1, 0.15) is 0 Å². The summed E-state index contributed by atoms with van der Waals surface area (Å²) in [5.41, 5.74) is 0. The number of hydrogen-bond acceptors (Lipinski definition) is 3. The summed E-state index contributed by atoms with van der Waals surface area (Å²) in [4.78, 5) is 19.0. The molecule has 0 bridgehead atoms. The normalized spacial score (nSPS) is 14.9. The van der Waals surface area contributed by atoms with Crippen LogP contribution < -0.4 is 24.8 Å². The number of H-pyrrole nitrogens is 1. The van der Waals surface area contributed by atoms with Gasteiger partial charge in [0.25, 0.3) is 11.7 Å². The lowest BCUT2D eigenvalue weighted by molar-refractivity contribution is -0.892. The van der Waals surface area contributed by atoms with Crippen LogP contribution in [0.15, 0.2) is 48.7 Å². The summed E-state index contributed by atoms with van der Waals surface area (Å²) < 4.78 is 5.57. The third kappa shape index (κ3) is 5.61. The minimum absolute atomic E-state index is 0.0689. The minimum atomic E-state index is 0.0689. The van der Waals surface area contributed by atoms with E-state index in [4.69, 9.17) is 16.3 Å². The molecular weight excluding hydrogens is 352 g/mol. The Hall–Kier alpha value is -2.31. The maximum absolute atomic E-state index is 12.1. The molecule has 0 aliphatic carbocycles. The van der Waals surface area contributed by atoms with E-state index in [2.05, 4.69) is 21.3 Å². The molecule has 7 heteroatoms. The Morgan fingerprint density at radius 2 is 1.96 bits per heavy atom. The monoisotopic (exact) mass is 376 g/mol. The van der Waals surface area contributed by atoms with Crippen molar-refractivity contribution in [2.24, 2.45) is 0 Å². The Kier molecular flexibility index (Phi) is 6.68. The van der Waals surface area contributed by atoms with Gasteiger partial charge in [0.2, 0.25) is 0 Å². The van der Waals surface area contributed by atoms with Crippen molar-refractivity contribution in [1.82, 2.24) is 5.32 Å². The highest BCUT2D eigenvalue weighted by Crippen LogP contribution is 2.15. The molecule has 1 aliphatic heterocycles. The van der Waals surface area contributed by atoms with E-state index in [0.29, 0.717) is 24.7 Å². The summed E-state index contributed by atoms with van der Waals surface area (Å²) in [6.45, 7) is 5.26. The van der Waals surface area contributed by atoms with Gasteiger partial charge in [-0.3, -0.25) is 9.69 Å². The molecule has 1 aromatic carbocycles. The van der Waals surface area contributed by atoms with Crippen molar-refractivity contribution in [2.75, 3.05) is 50.8 Å². The molecule has 138 valence electrons. The summed E-state index contributed by atoms with van der Waals surface area (Å²) in [5, 5.41) is 3.60. The van der Waals surface area contributed by atoms with Crippen LogP contribution in [0, 0.1) is 0 Å². The van der Waals surface area contributed by atoms with Crippen LogP contribution in [0.25, 0.3) is 0 Å². The largest absolute Gasteiger partial charge is 0.492 e. The molecule has 0 spiro atoms. The van der Waals surface area contributed by atoms with E-state index in [1.807, 2.05) is 30.5 Å². The number of anilines is 1. The van der Waals surface area contributed by atoms with E-state index >= 15 is 0 Å². The minimum Gasteiger partial charge on any atom is -0.492 e. The summed E-state index contributed by atoms with van der Waals surface area (Å²) in [6.07, 6.45) is 1.94. The fourth-order valence-electron chi connectivity index (χ4n) is 3.00. The first-order valence-electron chi connectivity index (χ1n) is 8.91. The molecule has 0 saturated carbocycles. The van der Waals surface area contributed by atoms with Gasteiger partial charge >= 0.3 is 0 Å². The summed E-state index contributed by atoms with van der Waals surface area (Å²) in [7, 11) is 0. The van der Waals surface area contributed by atoms with Crippen LogP contribution in [-0.2, 0) is 4.79 Å². The number of carbonyl (C=O) groups is 1. The fraction of sp³-hybridized carbons (Fsp3) is 0.368. The Balaban J connectivity index is 1.31. The van der Waals surface area contributed by atoms with Gasteiger partial charge in [0.15, 0.2) is 6.54 Å². The van der Waals surface area contributed by atoms with Crippen LogP contribution in [0.5, 0.6) is 5.75 Å². The molecule has 26 heavy (non-hydrogen) atoms. The van der Waals surface area contributed by atoms with Gasteiger partial charge < -0.3 is 15.0 Å². The maximum atomic E-state index is 12.1. The SMILES string of the molecule is O=C(C[NH+]1CCN(c2cccc[nH+]2)CC1)NCCOc1ccc(Cl)cc1. The van der Waals surface area contributed by atoms with Crippen LogP contribution >= 0.6 is 11.6 Å². The average Bonchev–Trinajstić information content (AvgIpc) is 2.68. The van der Waals surface area contributed by atoms with Crippen molar-refractivity contribution in [3.05, 3.63) is 53.7 Å². The molecule has 3 rings (SSSR count). The lowest BCUT2D eigenvalue weighted by atomic mass is 10.3. The Morgan fingerprint density at radius 1 is 1.19 bits per heavy atom. The van der Waals surface area contributed by atoms with Crippen LogP contribution in [-0.4, -0.2) is 51.8 Å². The first kappa shape index (κ1) is 18.5. The number of carbonyl (C=O) groups excluding carboxylic acids is 1. The molecule has 3 N–H and O–H groups in total. The van der Waals surface area contributed by atoms with Gasteiger partial charge in [0.05, 0.1) is 12.7 Å². The molecule has 0 unspecified atom stereocenters. The number of nitrogens with one attached hydrogen (secondary N) is 3. The first-order valence-corrected chi connectivity index (χ1v) is 9.29. The van der Waals surface area contributed by atoms with Crippen LogP contribution in [0.2, 0.25) is 5.02 Å². The molecular formula is C19H25ClN4O2+2. The molecule has 0 atom stereocenters. The quantitative estimate of drug-likeness (QED) is 0.671. The Labute approximate surface area is 158 Å². The predicted molar refractivity (Wildman–Crippen MR) is 101 cm³/mol. The molecule has 2 aromatic rings. The number of quaternary nitrogens is 1. The van der Waals surface area contributed by atoms with Crippen LogP contribution in [0.4, 0.5) is 5.82 Å². The van der Waals surface area contributed by atoms with Crippen molar-refractivity contribution in [3.63, 3.8) is 0 Å². The van der Waals surface area contributed by atoms with Gasteiger partial charge in [-0.1, -0.05) is 17.7 Å². The van der Waals surface area contributed by atoms with Crippen molar-refractivity contribution < 1.29 is 19.4 Å². The summed E-state index contributed by atoms with van der Waals surface area (Å²) >= 11 is 5.83. The first-order chi connectivity index (χ1) is 12.7. The highest BCUT2D eigenvalue weighted by molar-refractivity contribution is 6.30. The molecule has 0 radical (unpaired) electrons. The standard InChI is InChI=1S/C19H23ClN4O2/c20-16-4-6-17(7-5-16)26-14-9-22-19(25)15-23-10-12-24(13-11-23)18-3-1-2-8-21-18/h1-8H,9-15H2,(H,22,25)/p+2. The van der Waals surface area contributed by atoms with E-state index < -0.39 is 0 Å². The number of amides is 1. The van der Waals surface area contributed by atoms with E-state index in [1.165, 1.54) is 4.90 Å². The van der Waals surface area contributed by atoms with Crippen LogP contribution in [0.3, 0.4) is 0 Å². The third-order valence-electron chi connectivity index (χ3n) is 4.42. The lowest BCUT2D eigenvalue weighted by Gasteiger charge is -2.27. The van der Waals surface area contributed by atoms with Gasteiger partial charge in [-0.15, -0.1) is 0 Å². The number of nitrogens with zero attached hydrogens (tertiary/aromatic N) is 1. The zero-order chi connectivity index (χ0) is 18.2. The number of aromatic amines is 1. The number of piperazine rings is 1. The summed E-state index contributed by atoms with van der Waals surface area (Å²) in [5.74, 6) is 1.96. The van der Waals surface area contributed by atoms with Gasteiger partial charge in [0, 0.05) is 11.1 Å². The predicted octanol–water partition coefficient (Wildman–Crippen LogP) is 0.0542. The van der Waals surface area contributed by atoms with E-state index in [9.17, 15) is 4.79 Å². The number of rotatable bonds is 7. The fourth-order valence-corrected chi connectivity index (χ4v) is 3.13. The molecule has 1 aromatic heterocycles. The highest BCUT2D eigenvalue weighted by Gasteiger charge is 2.26. The topological polar surface area (TPSA) is 60.2 Å². The molecule has 1 amide bonds. The van der Waals surface area contributed by atoms with Crippen molar-refractivity contribution in [1.29, 1.82) is 0 Å². The van der Waals surface area contributed by atoms with Gasteiger partial charge in [-0.25, -0.2) is 4.98 Å². The second-order valence-corrected chi connectivity index (χ2v) is 6.75. The Morgan fingerprint density at radius 3 is 2.65 bits per heavy atom. The zero-order valence-corrected chi connectivity index (χ0v) is 15.5. The number of ether oxygens (including phenoxy) is 1.